The maximum atomic E-state index is 12.9. The number of nitrogens with zero attached hydrogens (tertiary/aromatic N) is 1. The molecular weight excluding hydrogens is 271 g/mol. The Kier molecular flexibility index (Phi) is 3.95. The topological polar surface area (TPSA) is 29.3 Å². The van der Waals surface area contributed by atoms with E-state index in [-0.39, 0.29) is 5.82 Å². The first-order valence-electron chi connectivity index (χ1n) is 5.58. The van der Waals surface area contributed by atoms with Crippen LogP contribution in [0.3, 0.4) is 0 Å². The van der Waals surface area contributed by atoms with E-state index in [9.17, 15) is 4.39 Å². The van der Waals surface area contributed by atoms with Crippen LogP contribution in [-0.2, 0) is 6.54 Å². The van der Waals surface area contributed by atoms with Crippen LogP contribution in [0.5, 0.6) is 0 Å². The fraction of sp³-hybridized carbons (Fsp3) is 0.500. The molecule has 0 saturated carbocycles. The van der Waals surface area contributed by atoms with Gasteiger partial charge in [-0.1, -0.05) is 22.0 Å². The van der Waals surface area contributed by atoms with Gasteiger partial charge in [0.25, 0.3) is 0 Å². The Morgan fingerprint density at radius 2 is 2.31 bits per heavy atom. The third-order valence-electron chi connectivity index (χ3n) is 3.16. The summed E-state index contributed by atoms with van der Waals surface area (Å²) in [4.78, 5) is 2.37. The highest BCUT2D eigenvalue weighted by Crippen LogP contribution is 2.24. The van der Waals surface area contributed by atoms with Gasteiger partial charge in [0.2, 0.25) is 0 Å². The maximum absolute atomic E-state index is 12.9. The van der Waals surface area contributed by atoms with Crippen LogP contribution in [0.15, 0.2) is 22.7 Å². The Bertz CT molecular complexity index is 370. The van der Waals surface area contributed by atoms with Crippen molar-refractivity contribution < 1.29 is 4.39 Å². The van der Waals surface area contributed by atoms with E-state index in [0.717, 1.165) is 23.1 Å². The Morgan fingerprint density at radius 3 is 3.00 bits per heavy atom. The smallest absolute Gasteiger partial charge is 0.124 e. The summed E-state index contributed by atoms with van der Waals surface area (Å²) >= 11 is 3.40. The van der Waals surface area contributed by atoms with Crippen LogP contribution >= 0.6 is 15.9 Å². The predicted octanol–water partition coefficient (Wildman–Crippen LogP) is 2.51. The summed E-state index contributed by atoms with van der Waals surface area (Å²) in [5.41, 5.74) is 6.85. The van der Waals surface area contributed by atoms with E-state index in [2.05, 4.69) is 20.8 Å². The predicted molar refractivity (Wildman–Crippen MR) is 66.6 cm³/mol. The molecule has 16 heavy (non-hydrogen) atoms. The Hall–Kier alpha value is -0.450. The highest BCUT2D eigenvalue weighted by Gasteiger charge is 2.23. The molecule has 2 rings (SSSR count). The van der Waals surface area contributed by atoms with Crippen LogP contribution in [0.25, 0.3) is 0 Å². The molecule has 1 aliphatic heterocycles. The standard InChI is InChI=1S/C12H16BrFN2/c13-12-6-10(14)4-3-9(12)8-16-5-1-2-11(16)7-15/h3-4,6,11H,1-2,5,7-8,15H2. The fourth-order valence-electron chi connectivity index (χ4n) is 2.24. The van der Waals surface area contributed by atoms with Gasteiger partial charge in [0, 0.05) is 23.6 Å². The van der Waals surface area contributed by atoms with Gasteiger partial charge in [-0.05, 0) is 37.1 Å². The van der Waals surface area contributed by atoms with Gasteiger partial charge in [0.15, 0.2) is 0 Å². The minimum atomic E-state index is -0.201. The summed E-state index contributed by atoms with van der Waals surface area (Å²) in [6.07, 6.45) is 2.38. The molecule has 0 spiro atoms. The molecule has 0 aromatic heterocycles. The summed E-state index contributed by atoms with van der Waals surface area (Å²) < 4.78 is 13.8. The lowest BCUT2D eigenvalue weighted by molar-refractivity contribution is 0.249. The molecule has 0 radical (unpaired) electrons. The maximum Gasteiger partial charge on any atom is 0.124 e. The molecule has 2 N–H and O–H groups in total. The summed E-state index contributed by atoms with van der Waals surface area (Å²) in [5, 5.41) is 0. The van der Waals surface area contributed by atoms with Gasteiger partial charge in [-0.2, -0.15) is 0 Å². The highest BCUT2D eigenvalue weighted by molar-refractivity contribution is 9.10. The van der Waals surface area contributed by atoms with Crippen molar-refractivity contribution in [1.82, 2.24) is 4.90 Å². The number of likely N-dealkylation sites (tertiary alicyclic amines) is 1. The second kappa shape index (κ2) is 5.25. The van der Waals surface area contributed by atoms with Gasteiger partial charge >= 0.3 is 0 Å². The summed E-state index contributed by atoms with van der Waals surface area (Å²) in [6, 6.07) is 5.35. The number of rotatable bonds is 3. The Balaban J connectivity index is 2.08. The Labute approximate surface area is 104 Å². The van der Waals surface area contributed by atoms with Crippen molar-refractivity contribution in [2.75, 3.05) is 13.1 Å². The number of benzene rings is 1. The van der Waals surface area contributed by atoms with Crippen LogP contribution in [0.1, 0.15) is 18.4 Å². The van der Waals surface area contributed by atoms with Crippen LogP contribution in [-0.4, -0.2) is 24.0 Å². The number of halogens is 2. The molecule has 2 nitrogen and oxygen atoms in total. The Morgan fingerprint density at radius 1 is 1.50 bits per heavy atom. The molecule has 1 heterocycles. The van der Waals surface area contributed by atoms with Gasteiger partial charge in [-0.15, -0.1) is 0 Å². The van der Waals surface area contributed by atoms with Crippen LogP contribution in [0.2, 0.25) is 0 Å². The fourth-order valence-corrected chi connectivity index (χ4v) is 2.72. The summed E-state index contributed by atoms with van der Waals surface area (Å²) in [6.45, 7) is 2.65. The lowest BCUT2D eigenvalue weighted by Crippen LogP contribution is -2.34. The van der Waals surface area contributed by atoms with Crippen molar-refractivity contribution in [2.24, 2.45) is 5.73 Å². The number of nitrogens with two attached hydrogens (primary N) is 1. The van der Waals surface area contributed by atoms with E-state index in [1.165, 1.54) is 25.0 Å². The van der Waals surface area contributed by atoms with E-state index in [1.807, 2.05) is 6.07 Å². The average Bonchev–Trinajstić information content (AvgIpc) is 2.69. The molecule has 1 fully saturated rings. The zero-order valence-electron chi connectivity index (χ0n) is 9.13. The lowest BCUT2D eigenvalue weighted by Gasteiger charge is -2.23. The zero-order chi connectivity index (χ0) is 11.5. The first-order chi connectivity index (χ1) is 7.70. The first-order valence-corrected chi connectivity index (χ1v) is 6.38. The lowest BCUT2D eigenvalue weighted by atomic mass is 10.2. The molecule has 88 valence electrons. The molecule has 1 aromatic rings. The first kappa shape index (κ1) is 12.0. The van der Waals surface area contributed by atoms with Crippen molar-refractivity contribution in [3.8, 4) is 0 Å². The highest BCUT2D eigenvalue weighted by atomic mass is 79.9. The number of hydrogen-bond acceptors (Lipinski definition) is 2. The molecule has 1 atom stereocenters. The van der Waals surface area contributed by atoms with Gasteiger partial charge in [-0.3, -0.25) is 4.90 Å². The second-order valence-electron chi connectivity index (χ2n) is 4.24. The third-order valence-corrected chi connectivity index (χ3v) is 3.90. The quantitative estimate of drug-likeness (QED) is 0.925. The minimum absolute atomic E-state index is 0.201. The van der Waals surface area contributed by atoms with E-state index in [1.54, 1.807) is 0 Å². The van der Waals surface area contributed by atoms with E-state index in [0.29, 0.717) is 12.6 Å². The van der Waals surface area contributed by atoms with Crippen molar-refractivity contribution >= 4 is 15.9 Å². The third kappa shape index (κ3) is 2.62. The van der Waals surface area contributed by atoms with E-state index >= 15 is 0 Å². The molecular formula is C12H16BrFN2. The van der Waals surface area contributed by atoms with Crippen LogP contribution < -0.4 is 5.73 Å². The van der Waals surface area contributed by atoms with Gasteiger partial charge in [-0.25, -0.2) is 4.39 Å². The zero-order valence-corrected chi connectivity index (χ0v) is 10.7. The van der Waals surface area contributed by atoms with Crippen molar-refractivity contribution in [3.05, 3.63) is 34.1 Å². The molecule has 1 aliphatic rings. The molecule has 4 heteroatoms. The van der Waals surface area contributed by atoms with Gasteiger partial charge in [0.05, 0.1) is 0 Å². The molecule has 1 unspecified atom stereocenters. The molecule has 1 saturated heterocycles. The molecule has 1 aromatic carbocycles. The second-order valence-corrected chi connectivity index (χ2v) is 5.09. The largest absolute Gasteiger partial charge is 0.329 e. The van der Waals surface area contributed by atoms with Crippen molar-refractivity contribution in [1.29, 1.82) is 0 Å². The SMILES string of the molecule is NCC1CCCN1Cc1ccc(F)cc1Br. The molecule has 0 bridgehead atoms. The van der Waals surface area contributed by atoms with Crippen molar-refractivity contribution in [2.45, 2.75) is 25.4 Å². The van der Waals surface area contributed by atoms with Crippen LogP contribution in [0.4, 0.5) is 4.39 Å². The van der Waals surface area contributed by atoms with Crippen molar-refractivity contribution in [3.63, 3.8) is 0 Å². The average molecular weight is 287 g/mol. The monoisotopic (exact) mass is 286 g/mol. The van der Waals surface area contributed by atoms with Crippen LogP contribution in [0, 0.1) is 5.82 Å². The van der Waals surface area contributed by atoms with Gasteiger partial charge < -0.3 is 5.73 Å². The normalized spacial score (nSPS) is 21.6. The van der Waals surface area contributed by atoms with Gasteiger partial charge in [0.1, 0.15) is 5.82 Å². The van der Waals surface area contributed by atoms with E-state index in [4.69, 9.17) is 5.73 Å². The minimum Gasteiger partial charge on any atom is -0.329 e. The summed E-state index contributed by atoms with van der Waals surface area (Å²) in [7, 11) is 0. The number of hydrogen-bond donors (Lipinski definition) is 1. The molecule has 0 aliphatic carbocycles. The summed E-state index contributed by atoms with van der Waals surface area (Å²) in [5.74, 6) is -0.201. The molecule has 0 amide bonds. The van der Waals surface area contributed by atoms with E-state index < -0.39 is 0 Å².